The van der Waals surface area contributed by atoms with Gasteiger partial charge in [0.25, 0.3) is 5.91 Å². The van der Waals surface area contributed by atoms with Crippen LogP contribution in [0, 0.1) is 0 Å². The Kier molecular flexibility index (Phi) is 6.38. The molecule has 1 aromatic carbocycles. The summed E-state index contributed by atoms with van der Waals surface area (Å²) in [7, 11) is 1.60. The standard InChI is InChI=1S/C20H23NO3S2/c1-3-11-24-16-10-9-14(12-17(16)23-2)13-18-19(22)21(20(25)26-18)15-7-5-4-6-8-15/h3,9-10,12-13,15H,1,4-8,11H2,2H3/b18-13+. The van der Waals surface area contributed by atoms with Crippen molar-refractivity contribution in [3.05, 3.63) is 41.3 Å². The van der Waals surface area contributed by atoms with Crippen molar-refractivity contribution in [1.82, 2.24) is 4.90 Å². The normalized spacial score (nSPS) is 19.9. The highest BCUT2D eigenvalue weighted by Crippen LogP contribution is 2.38. The number of hydrogen-bond donors (Lipinski definition) is 0. The van der Waals surface area contributed by atoms with Crippen molar-refractivity contribution in [2.45, 2.75) is 38.1 Å². The van der Waals surface area contributed by atoms with Crippen LogP contribution in [-0.2, 0) is 4.79 Å². The monoisotopic (exact) mass is 389 g/mol. The number of rotatable bonds is 6. The van der Waals surface area contributed by atoms with E-state index in [1.807, 2.05) is 29.2 Å². The van der Waals surface area contributed by atoms with Crippen LogP contribution in [-0.4, -0.2) is 34.9 Å². The second kappa shape index (κ2) is 8.73. The number of methoxy groups -OCH3 is 1. The first-order valence-electron chi connectivity index (χ1n) is 8.83. The van der Waals surface area contributed by atoms with Gasteiger partial charge in [0.05, 0.1) is 12.0 Å². The van der Waals surface area contributed by atoms with E-state index in [0.29, 0.717) is 27.3 Å². The lowest BCUT2D eigenvalue weighted by molar-refractivity contribution is -0.124. The van der Waals surface area contributed by atoms with E-state index in [-0.39, 0.29) is 11.9 Å². The van der Waals surface area contributed by atoms with Crippen molar-refractivity contribution in [1.29, 1.82) is 0 Å². The van der Waals surface area contributed by atoms with Crippen molar-refractivity contribution in [3.8, 4) is 11.5 Å². The summed E-state index contributed by atoms with van der Waals surface area (Å²) in [5.41, 5.74) is 0.886. The van der Waals surface area contributed by atoms with Gasteiger partial charge >= 0.3 is 0 Å². The highest BCUT2D eigenvalue weighted by atomic mass is 32.2. The molecule has 1 aromatic rings. The van der Waals surface area contributed by atoms with E-state index in [1.54, 1.807) is 13.2 Å². The minimum absolute atomic E-state index is 0.0258. The molecule has 26 heavy (non-hydrogen) atoms. The first-order chi connectivity index (χ1) is 12.6. The first-order valence-corrected chi connectivity index (χ1v) is 10.1. The van der Waals surface area contributed by atoms with Crippen molar-refractivity contribution >= 4 is 40.3 Å². The van der Waals surface area contributed by atoms with Crippen LogP contribution in [0.3, 0.4) is 0 Å². The molecule has 4 nitrogen and oxygen atoms in total. The molecule has 0 N–H and O–H groups in total. The molecule has 1 saturated heterocycles. The van der Waals surface area contributed by atoms with Crippen molar-refractivity contribution in [3.63, 3.8) is 0 Å². The first kappa shape index (κ1) is 19.0. The van der Waals surface area contributed by atoms with E-state index < -0.39 is 0 Å². The third-order valence-electron chi connectivity index (χ3n) is 4.61. The number of amides is 1. The Morgan fingerprint density at radius 1 is 1.31 bits per heavy atom. The zero-order valence-electron chi connectivity index (χ0n) is 14.9. The number of carbonyl (C=O) groups excluding carboxylic acids is 1. The fourth-order valence-corrected chi connectivity index (χ4v) is 4.73. The van der Waals surface area contributed by atoms with Gasteiger partial charge in [-0.3, -0.25) is 9.69 Å². The molecule has 3 rings (SSSR count). The fourth-order valence-electron chi connectivity index (χ4n) is 3.33. The summed E-state index contributed by atoms with van der Waals surface area (Å²) >= 11 is 6.87. The third kappa shape index (κ3) is 4.13. The highest BCUT2D eigenvalue weighted by Gasteiger charge is 2.37. The molecule has 0 unspecified atom stereocenters. The van der Waals surface area contributed by atoms with E-state index in [1.165, 1.54) is 31.0 Å². The Balaban J connectivity index is 1.80. The summed E-state index contributed by atoms with van der Waals surface area (Å²) < 4.78 is 11.6. The van der Waals surface area contributed by atoms with E-state index in [2.05, 4.69) is 6.58 Å². The van der Waals surface area contributed by atoms with E-state index in [4.69, 9.17) is 21.7 Å². The van der Waals surface area contributed by atoms with Gasteiger partial charge in [-0.05, 0) is 36.6 Å². The Hall–Kier alpha value is -1.79. The van der Waals surface area contributed by atoms with Gasteiger partial charge in [-0.2, -0.15) is 0 Å². The van der Waals surface area contributed by atoms with Crippen LogP contribution < -0.4 is 9.47 Å². The third-order valence-corrected chi connectivity index (χ3v) is 5.94. The second-order valence-electron chi connectivity index (χ2n) is 6.35. The van der Waals surface area contributed by atoms with E-state index in [9.17, 15) is 4.79 Å². The zero-order chi connectivity index (χ0) is 18.5. The van der Waals surface area contributed by atoms with Crippen molar-refractivity contribution < 1.29 is 14.3 Å². The number of ether oxygens (including phenoxy) is 2. The van der Waals surface area contributed by atoms with Gasteiger partial charge in [0.2, 0.25) is 0 Å². The predicted molar refractivity (Wildman–Crippen MR) is 111 cm³/mol. The smallest absolute Gasteiger partial charge is 0.266 e. The SMILES string of the molecule is C=CCOc1ccc(/C=C2/SC(=S)N(C3CCCCC3)C2=O)cc1OC. The lowest BCUT2D eigenvalue weighted by atomic mass is 9.94. The number of thiocarbonyl (C=S) groups is 1. The maximum atomic E-state index is 12.9. The van der Waals surface area contributed by atoms with E-state index >= 15 is 0 Å². The predicted octanol–water partition coefficient (Wildman–Crippen LogP) is 4.79. The molecule has 1 aliphatic heterocycles. The van der Waals surface area contributed by atoms with Gasteiger partial charge in [0, 0.05) is 6.04 Å². The molecule has 1 amide bonds. The Morgan fingerprint density at radius 3 is 2.77 bits per heavy atom. The Bertz CT molecular complexity index is 739. The maximum Gasteiger partial charge on any atom is 0.266 e. The highest BCUT2D eigenvalue weighted by molar-refractivity contribution is 8.26. The van der Waals surface area contributed by atoms with E-state index in [0.717, 1.165) is 18.4 Å². The lowest BCUT2D eigenvalue weighted by Gasteiger charge is -2.29. The van der Waals surface area contributed by atoms with Crippen LogP contribution >= 0.6 is 24.0 Å². The average Bonchev–Trinajstić information content (AvgIpc) is 2.94. The second-order valence-corrected chi connectivity index (χ2v) is 8.03. The molecule has 1 aliphatic carbocycles. The number of hydrogen-bond acceptors (Lipinski definition) is 5. The summed E-state index contributed by atoms with van der Waals surface area (Å²) in [5, 5.41) is 0. The molecule has 0 atom stereocenters. The van der Waals surface area contributed by atoms with Gasteiger partial charge in [0.1, 0.15) is 10.9 Å². The van der Waals surface area contributed by atoms with Crippen LogP contribution in [0.25, 0.3) is 6.08 Å². The molecule has 138 valence electrons. The van der Waals surface area contributed by atoms with Gasteiger partial charge in [-0.25, -0.2) is 0 Å². The summed E-state index contributed by atoms with van der Waals surface area (Å²) in [6.07, 6.45) is 9.24. The van der Waals surface area contributed by atoms with Gasteiger partial charge < -0.3 is 9.47 Å². The minimum Gasteiger partial charge on any atom is -0.493 e. The van der Waals surface area contributed by atoms with Crippen molar-refractivity contribution in [2.75, 3.05) is 13.7 Å². The molecule has 1 saturated carbocycles. The molecule has 1 heterocycles. The summed E-state index contributed by atoms with van der Waals surface area (Å²) in [4.78, 5) is 15.4. The average molecular weight is 390 g/mol. The van der Waals surface area contributed by atoms with Crippen LogP contribution in [0.4, 0.5) is 0 Å². The molecular formula is C20H23NO3S2. The number of benzene rings is 1. The van der Waals surface area contributed by atoms with Crippen LogP contribution in [0.1, 0.15) is 37.7 Å². The number of carbonyl (C=O) groups is 1. The molecule has 0 bridgehead atoms. The quantitative estimate of drug-likeness (QED) is 0.397. The van der Waals surface area contributed by atoms with Gasteiger partial charge in [0.15, 0.2) is 11.5 Å². The largest absolute Gasteiger partial charge is 0.493 e. The summed E-state index contributed by atoms with van der Waals surface area (Å²) in [6.45, 7) is 4.06. The fraction of sp³-hybridized carbons (Fsp3) is 0.400. The number of thioether (sulfide) groups is 1. The van der Waals surface area contributed by atoms with Gasteiger partial charge in [-0.1, -0.05) is 62.0 Å². The van der Waals surface area contributed by atoms with Crippen LogP contribution in [0.15, 0.2) is 35.8 Å². The lowest BCUT2D eigenvalue weighted by Crippen LogP contribution is -2.39. The topological polar surface area (TPSA) is 38.8 Å². The van der Waals surface area contributed by atoms with Crippen LogP contribution in [0.5, 0.6) is 11.5 Å². The molecular weight excluding hydrogens is 366 g/mol. The zero-order valence-corrected chi connectivity index (χ0v) is 16.5. The molecule has 6 heteroatoms. The molecule has 0 spiro atoms. The molecule has 0 radical (unpaired) electrons. The number of nitrogens with zero attached hydrogens (tertiary/aromatic N) is 1. The Morgan fingerprint density at radius 2 is 2.08 bits per heavy atom. The minimum atomic E-state index is 0.0258. The van der Waals surface area contributed by atoms with Crippen LogP contribution in [0.2, 0.25) is 0 Å². The molecule has 2 aliphatic rings. The van der Waals surface area contributed by atoms with Crippen molar-refractivity contribution in [2.24, 2.45) is 0 Å². The summed E-state index contributed by atoms with van der Waals surface area (Å²) in [5.74, 6) is 1.31. The maximum absolute atomic E-state index is 12.9. The Labute approximate surface area is 164 Å². The van der Waals surface area contributed by atoms with Gasteiger partial charge in [-0.15, -0.1) is 0 Å². The molecule has 2 fully saturated rings. The molecule has 0 aromatic heterocycles. The summed E-state index contributed by atoms with van der Waals surface area (Å²) in [6, 6.07) is 5.88.